The second-order valence-electron chi connectivity index (χ2n) is 30.5. The van der Waals surface area contributed by atoms with Crippen molar-refractivity contribution in [2.45, 2.75) is 55.6 Å². The smallest absolute Gasteiger partial charge is 0.159 e. The third-order valence-electron chi connectivity index (χ3n) is 25.1. The van der Waals surface area contributed by atoms with Gasteiger partial charge in [0.1, 0.15) is 11.4 Å². The molecular formula is C100H70N7S2+. The zero-order valence-electron chi connectivity index (χ0n) is 59.7. The third-order valence-corrected chi connectivity index (χ3v) is 27.8. The molecule has 0 bridgehead atoms. The van der Waals surface area contributed by atoms with Crippen LogP contribution in [0.15, 0.2) is 320 Å². The van der Waals surface area contributed by atoms with Gasteiger partial charge in [-0.1, -0.05) is 176 Å². The molecule has 7 aliphatic carbocycles. The molecule has 0 fully saturated rings. The maximum absolute atomic E-state index is 4.90. The molecule has 0 radical (unpaired) electrons. The van der Waals surface area contributed by atoms with Crippen LogP contribution in [0.4, 0.5) is 22.7 Å². The van der Waals surface area contributed by atoms with Crippen LogP contribution in [-0.2, 0) is 12.8 Å². The number of thioether (sulfide) groups is 1. The summed E-state index contributed by atoms with van der Waals surface area (Å²) >= 11 is 4.12. The van der Waals surface area contributed by atoms with E-state index in [-0.39, 0.29) is 23.0 Å². The number of fused-ring (bicyclic) bond motifs is 23. The minimum atomic E-state index is 0.118. The number of thiophene rings is 1. The summed E-state index contributed by atoms with van der Waals surface area (Å²) in [6.07, 6.45) is 50.3. The van der Waals surface area contributed by atoms with Crippen molar-refractivity contribution in [3.8, 4) is 11.4 Å². The van der Waals surface area contributed by atoms with Gasteiger partial charge in [-0.15, -0.1) is 23.1 Å². The van der Waals surface area contributed by atoms with Gasteiger partial charge in [-0.3, -0.25) is 15.0 Å². The number of aromatic nitrogens is 5. The normalized spacial score (nSPS) is 19.6. The number of hydrogen-bond acceptors (Lipinski definition) is 6. The largest absolute Gasteiger partial charge is 0.309 e. The highest BCUT2D eigenvalue weighted by atomic mass is 32.2. The van der Waals surface area contributed by atoms with Crippen molar-refractivity contribution < 1.29 is 4.90 Å². The molecule has 1 aliphatic heterocycles. The molecule has 6 aromatic heterocycles. The topological polar surface area (TPSA) is 56.2 Å². The number of nitrogens with one attached hydrogen (secondary N) is 1. The summed E-state index contributed by atoms with van der Waals surface area (Å²) in [5.74, 6) is 0.956. The molecule has 0 saturated heterocycles. The third kappa shape index (κ3) is 9.12. The van der Waals surface area contributed by atoms with E-state index < -0.39 is 0 Å². The van der Waals surface area contributed by atoms with Crippen LogP contribution in [0.3, 0.4) is 0 Å². The molecule has 7 nitrogen and oxygen atoms in total. The molecule has 24 rings (SSSR count). The highest BCUT2D eigenvalue weighted by molar-refractivity contribution is 8.04. The average molecular weight is 1430 g/mol. The van der Waals surface area contributed by atoms with Gasteiger partial charge < -0.3 is 14.0 Å². The van der Waals surface area contributed by atoms with Gasteiger partial charge in [0.25, 0.3) is 0 Å². The molecule has 0 spiro atoms. The van der Waals surface area contributed by atoms with E-state index >= 15 is 0 Å². The van der Waals surface area contributed by atoms with Crippen LogP contribution in [0.1, 0.15) is 81.5 Å². The lowest BCUT2D eigenvalue weighted by Gasteiger charge is -2.33. The Bertz CT molecular complexity index is 6990. The van der Waals surface area contributed by atoms with Gasteiger partial charge in [-0.2, -0.15) is 0 Å². The van der Waals surface area contributed by atoms with Gasteiger partial charge in [0, 0.05) is 130 Å². The number of anilines is 2. The number of pyridine rings is 3. The molecule has 16 aromatic rings. The molecule has 516 valence electrons. The fraction of sp³-hybridized carbons (Fsp3) is 0.110. The van der Waals surface area contributed by atoms with E-state index in [9.17, 15) is 0 Å². The highest BCUT2D eigenvalue weighted by Crippen LogP contribution is 2.55. The summed E-state index contributed by atoms with van der Waals surface area (Å²) in [4.78, 5) is 21.3. The van der Waals surface area contributed by atoms with Crippen LogP contribution >= 0.6 is 23.1 Å². The van der Waals surface area contributed by atoms with Crippen molar-refractivity contribution in [1.82, 2.24) is 24.1 Å². The van der Waals surface area contributed by atoms with Gasteiger partial charge in [0.05, 0.1) is 66.0 Å². The molecule has 6 unspecified atom stereocenters. The number of quaternary nitrogens is 1. The monoisotopic (exact) mass is 1430 g/mol. The summed E-state index contributed by atoms with van der Waals surface area (Å²) in [6, 6.07) is 75.4. The van der Waals surface area contributed by atoms with Crippen molar-refractivity contribution in [1.29, 1.82) is 0 Å². The molecule has 6 atom stereocenters. The molecule has 8 aliphatic rings. The Balaban J connectivity index is 0.672. The molecular weight excluding hydrogens is 1360 g/mol. The van der Waals surface area contributed by atoms with Gasteiger partial charge in [0.15, 0.2) is 5.69 Å². The van der Waals surface area contributed by atoms with Crippen molar-refractivity contribution in [3.63, 3.8) is 0 Å². The van der Waals surface area contributed by atoms with Crippen LogP contribution in [0.2, 0.25) is 0 Å². The minimum Gasteiger partial charge on any atom is -0.309 e. The van der Waals surface area contributed by atoms with E-state index in [2.05, 4.69) is 317 Å². The zero-order valence-corrected chi connectivity index (χ0v) is 61.3. The number of allylic oxidation sites excluding steroid dienone is 14. The molecule has 0 amide bonds. The van der Waals surface area contributed by atoms with Crippen LogP contribution in [0, 0.1) is 11.8 Å². The van der Waals surface area contributed by atoms with Gasteiger partial charge >= 0.3 is 0 Å². The number of benzene rings is 10. The lowest BCUT2D eigenvalue weighted by molar-refractivity contribution is -0.713. The van der Waals surface area contributed by atoms with Crippen molar-refractivity contribution in [3.05, 3.63) is 364 Å². The number of hydrogen-bond donors (Lipinski definition) is 1. The highest BCUT2D eigenvalue weighted by Gasteiger charge is 2.44. The standard InChI is InChI=1S/C100H69N7S2/c1-3-21-64-59(17-1)19-7-32-81(64)105-87-49-42-60-18-2-4-22-65(60)95(87)96-71-24-10-35-83(68(71)48-51-89(96)105)107(91-38-11-26-74-69-23-5-6-40-93(69)108-99(74)91)92-39-12-27-75-70-43-41-62(57-94(70)109-100(75)92)63-44-45-73-66(63)46-50-88-98(73)97-72-25-9-34-82(67(72)47-52-90(97)106(88)86-33-8-20-61-53-56-101-58-78(61)86)104(84-36-13-30-79-76(84)28-15-54-102-79)85-37-14-31-80-77(85)29-16-55-103-80/h1-4,6-8,10-22,24,26-40,42,44-58,60,63,65,74,99H,5,9,23,25,41,43H2/p+1. The number of aryl methyl sites for hydroxylation is 2. The Morgan fingerprint density at radius 1 is 0.495 bits per heavy atom. The molecule has 0 saturated carbocycles. The Morgan fingerprint density at radius 3 is 2.09 bits per heavy atom. The van der Waals surface area contributed by atoms with Gasteiger partial charge in [-0.05, 0) is 197 Å². The quantitative estimate of drug-likeness (QED) is 0.156. The van der Waals surface area contributed by atoms with E-state index in [1.165, 1.54) is 158 Å². The first-order valence-corrected chi connectivity index (χ1v) is 40.3. The maximum Gasteiger partial charge on any atom is 0.159 e. The Morgan fingerprint density at radius 2 is 1.22 bits per heavy atom. The predicted molar refractivity (Wildman–Crippen MR) is 458 cm³/mol. The second kappa shape index (κ2) is 24.1. The first-order chi connectivity index (χ1) is 54.1. The Hall–Kier alpha value is -12.2. The SMILES string of the molecule is C1=CC2C=Cc3c(c4c5cccc([NH+](C6=CC=CC7C8=C(C=CCC8)SC67)c6cccc7c8c(sc67)C=C(C6C=Cc7c6ccc6c7c7c9c(ccc7n6-c6cccc7ccncc67)C(N(c6cccc7ncccc67)c6cccc7ncccc67)=CCC9)CC8)c5ccc4n3-c3cccc4ccccc34)C2C=C1. The Kier molecular flexibility index (Phi) is 13.7. The van der Waals surface area contributed by atoms with E-state index in [1.807, 2.05) is 36.1 Å². The molecule has 1 N–H and O–H groups in total. The molecule has 7 heterocycles. The van der Waals surface area contributed by atoms with Crippen molar-refractivity contribution in [2.75, 3.05) is 4.90 Å². The second-order valence-corrected chi connectivity index (χ2v) is 32.7. The van der Waals surface area contributed by atoms with Gasteiger partial charge in [0.2, 0.25) is 0 Å². The summed E-state index contributed by atoms with van der Waals surface area (Å²) in [6.45, 7) is 0. The summed E-state index contributed by atoms with van der Waals surface area (Å²) < 4.78 is 6.51. The summed E-state index contributed by atoms with van der Waals surface area (Å²) in [5, 5.41) is 15.2. The molecule has 109 heavy (non-hydrogen) atoms. The molecule has 10 aromatic carbocycles. The van der Waals surface area contributed by atoms with E-state index in [4.69, 9.17) is 15.0 Å². The summed E-state index contributed by atoms with van der Waals surface area (Å²) in [7, 11) is 0. The number of nitrogens with zero attached hydrogens (tertiary/aromatic N) is 6. The lowest BCUT2D eigenvalue weighted by atomic mass is 9.78. The first kappa shape index (κ1) is 61.9. The van der Waals surface area contributed by atoms with E-state index in [0.717, 1.165) is 82.8 Å². The van der Waals surface area contributed by atoms with Gasteiger partial charge in [-0.25, -0.2) is 4.90 Å². The van der Waals surface area contributed by atoms with Crippen molar-refractivity contribution >= 4 is 167 Å². The van der Waals surface area contributed by atoms with Crippen LogP contribution in [-0.4, -0.2) is 29.3 Å². The average Bonchev–Trinajstić information content (AvgIpc) is 1.57. The van der Waals surface area contributed by atoms with E-state index in [1.54, 1.807) is 5.57 Å². The van der Waals surface area contributed by atoms with Crippen LogP contribution in [0.25, 0.3) is 132 Å². The van der Waals surface area contributed by atoms with Crippen LogP contribution in [0.5, 0.6) is 0 Å². The first-order valence-electron chi connectivity index (χ1n) is 38.6. The maximum atomic E-state index is 4.90. The fourth-order valence-corrected chi connectivity index (χ4v) is 23.4. The predicted octanol–water partition coefficient (Wildman–Crippen LogP) is 24.6. The minimum absolute atomic E-state index is 0.118. The summed E-state index contributed by atoms with van der Waals surface area (Å²) in [5.41, 5.74) is 27.9. The molecule has 9 heteroatoms. The lowest BCUT2D eigenvalue weighted by Crippen LogP contribution is -3.01. The van der Waals surface area contributed by atoms with Crippen LogP contribution < -0.4 is 9.80 Å². The van der Waals surface area contributed by atoms with E-state index in [0.29, 0.717) is 5.92 Å². The Labute approximate surface area is 638 Å². The number of rotatable bonds is 9. The fourth-order valence-electron chi connectivity index (χ4n) is 20.5. The van der Waals surface area contributed by atoms with Crippen molar-refractivity contribution in [2.24, 2.45) is 11.8 Å². The zero-order chi connectivity index (χ0) is 71.1.